The molecule has 1 unspecified atom stereocenters. The van der Waals surface area contributed by atoms with Crippen molar-refractivity contribution in [2.45, 2.75) is 62.3 Å². The number of benzene rings is 2. The Morgan fingerprint density at radius 3 is 2.23 bits per heavy atom. The molecule has 0 amide bonds. The fourth-order valence-electron chi connectivity index (χ4n) is 4.18. The zero-order chi connectivity index (χ0) is 17.8. The Hall–Kier alpha value is -1.71. The molecule has 2 aromatic rings. The summed E-state index contributed by atoms with van der Waals surface area (Å²) in [5, 5.41) is 7.09. The predicted octanol–water partition coefficient (Wildman–Crippen LogP) is 4.57. The van der Waals surface area contributed by atoms with E-state index in [1.165, 1.54) is 11.1 Å². The lowest BCUT2D eigenvalue weighted by molar-refractivity contribution is 0.0904. The predicted molar refractivity (Wildman–Crippen MR) is 105 cm³/mol. The third-order valence-electron chi connectivity index (χ3n) is 6.02. The van der Waals surface area contributed by atoms with Gasteiger partial charge in [-0.3, -0.25) is 0 Å². The van der Waals surface area contributed by atoms with Crippen LogP contribution >= 0.6 is 0 Å². The third kappa shape index (κ3) is 4.52. The van der Waals surface area contributed by atoms with Gasteiger partial charge in [-0.2, -0.15) is 0 Å². The molecule has 3 heteroatoms. The first-order valence-corrected chi connectivity index (χ1v) is 9.96. The van der Waals surface area contributed by atoms with Gasteiger partial charge in [0.25, 0.3) is 0 Å². The summed E-state index contributed by atoms with van der Waals surface area (Å²) in [6.45, 7) is 1.39. The van der Waals surface area contributed by atoms with E-state index in [2.05, 4.69) is 65.2 Å². The van der Waals surface area contributed by atoms with Crippen molar-refractivity contribution in [1.29, 1.82) is 0 Å². The molecule has 138 valence electrons. The van der Waals surface area contributed by atoms with Crippen molar-refractivity contribution in [2.24, 2.45) is 0 Å². The molecule has 2 nitrogen and oxygen atoms in total. The molecule has 2 fully saturated rings. The fraction of sp³-hybridized carbons (Fsp3) is 0.478. The molecule has 0 aromatic heterocycles. The van der Waals surface area contributed by atoms with Crippen molar-refractivity contribution in [3.8, 4) is 0 Å². The van der Waals surface area contributed by atoms with Crippen LogP contribution in [-0.2, 0) is 6.54 Å². The van der Waals surface area contributed by atoms with Crippen molar-refractivity contribution < 1.29 is 4.39 Å². The van der Waals surface area contributed by atoms with Crippen LogP contribution in [0.15, 0.2) is 60.7 Å². The number of halogens is 1. The van der Waals surface area contributed by atoms with Gasteiger partial charge in [0.05, 0.1) is 0 Å². The van der Waals surface area contributed by atoms with Gasteiger partial charge in [-0.1, -0.05) is 60.7 Å². The summed E-state index contributed by atoms with van der Waals surface area (Å²) in [4.78, 5) is 0. The molecule has 2 atom stereocenters. The Morgan fingerprint density at radius 1 is 0.885 bits per heavy atom. The van der Waals surface area contributed by atoms with Crippen molar-refractivity contribution in [1.82, 2.24) is 10.6 Å². The monoisotopic (exact) mass is 352 g/mol. The summed E-state index contributed by atoms with van der Waals surface area (Å²) in [5.74, 6) is 0.573. The van der Waals surface area contributed by atoms with E-state index in [-0.39, 0.29) is 0 Å². The maximum atomic E-state index is 15.1. The molecular weight excluding hydrogens is 323 g/mol. The first-order chi connectivity index (χ1) is 12.7. The lowest BCUT2D eigenvalue weighted by atomic mass is 9.83. The standard InChI is InChI=1S/C23H29FN2/c24-23(17-26-22-15-21(22)19-9-5-2-6-10-19)13-11-20(12-14-23)25-16-18-7-3-1-4-8-18/h1-10,20-22,25-26H,11-17H2/t20?,21-,22?,23?/m1/s1. The van der Waals surface area contributed by atoms with E-state index in [4.69, 9.17) is 0 Å². The van der Waals surface area contributed by atoms with Gasteiger partial charge < -0.3 is 10.6 Å². The molecule has 2 aliphatic rings. The highest BCUT2D eigenvalue weighted by Gasteiger charge is 2.41. The van der Waals surface area contributed by atoms with Crippen molar-refractivity contribution in [2.75, 3.05) is 6.54 Å². The highest BCUT2D eigenvalue weighted by Crippen LogP contribution is 2.41. The summed E-state index contributed by atoms with van der Waals surface area (Å²) in [7, 11) is 0. The maximum Gasteiger partial charge on any atom is 0.123 e. The zero-order valence-electron chi connectivity index (χ0n) is 15.3. The quantitative estimate of drug-likeness (QED) is 0.762. The normalized spacial score (nSPS) is 30.9. The fourth-order valence-corrected chi connectivity index (χ4v) is 4.18. The molecule has 26 heavy (non-hydrogen) atoms. The van der Waals surface area contributed by atoms with Crippen molar-refractivity contribution in [3.05, 3.63) is 71.8 Å². The number of rotatable bonds is 7. The highest BCUT2D eigenvalue weighted by atomic mass is 19.1. The van der Waals surface area contributed by atoms with Crippen LogP contribution in [0, 0.1) is 0 Å². The Bertz CT molecular complexity index is 680. The summed E-state index contributed by atoms with van der Waals surface area (Å²) < 4.78 is 15.1. The zero-order valence-corrected chi connectivity index (χ0v) is 15.3. The van der Waals surface area contributed by atoms with Gasteiger partial charge in [0.2, 0.25) is 0 Å². The van der Waals surface area contributed by atoms with Gasteiger partial charge in [0.1, 0.15) is 5.67 Å². The van der Waals surface area contributed by atoms with Crippen LogP contribution in [-0.4, -0.2) is 24.3 Å². The molecule has 0 spiro atoms. The second kappa shape index (κ2) is 7.89. The SMILES string of the molecule is FC1(CNC2C[C@@H]2c2ccccc2)CCC(NCc2ccccc2)CC1. The van der Waals surface area contributed by atoms with E-state index >= 15 is 4.39 Å². The molecule has 0 aliphatic heterocycles. The van der Waals surface area contributed by atoms with Crippen LogP contribution in [0.25, 0.3) is 0 Å². The third-order valence-corrected chi connectivity index (χ3v) is 6.02. The average molecular weight is 352 g/mol. The Balaban J connectivity index is 1.18. The van der Waals surface area contributed by atoms with Crippen LogP contribution in [0.5, 0.6) is 0 Å². The molecule has 2 aliphatic carbocycles. The minimum atomic E-state index is -1.03. The highest BCUT2D eigenvalue weighted by molar-refractivity contribution is 5.27. The van der Waals surface area contributed by atoms with E-state index in [9.17, 15) is 0 Å². The molecule has 0 heterocycles. The molecule has 0 saturated heterocycles. The van der Waals surface area contributed by atoms with Crippen molar-refractivity contribution in [3.63, 3.8) is 0 Å². The van der Waals surface area contributed by atoms with Gasteiger partial charge in [0, 0.05) is 31.1 Å². The van der Waals surface area contributed by atoms with Gasteiger partial charge in [0.15, 0.2) is 0 Å². The minimum Gasteiger partial charge on any atom is -0.310 e. The van der Waals surface area contributed by atoms with Gasteiger partial charge >= 0.3 is 0 Å². The van der Waals surface area contributed by atoms with Crippen LogP contribution in [0.1, 0.15) is 49.1 Å². The lowest BCUT2D eigenvalue weighted by Crippen LogP contribution is -2.44. The minimum absolute atomic E-state index is 0.442. The van der Waals surface area contributed by atoms with Crippen LogP contribution in [0.3, 0.4) is 0 Å². The molecule has 0 radical (unpaired) electrons. The van der Waals surface area contributed by atoms with Crippen molar-refractivity contribution >= 4 is 0 Å². The molecule has 0 bridgehead atoms. The number of hydrogen-bond acceptors (Lipinski definition) is 2. The van der Waals surface area contributed by atoms with Crippen LogP contribution in [0.4, 0.5) is 4.39 Å². The first-order valence-electron chi connectivity index (χ1n) is 9.96. The second-order valence-electron chi connectivity index (χ2n) is 8.03. The summed E-state index contributed by atoms with van der Waals surface area (Å²) in [6, 6.07) is 21.9. The van der Waals surface area contributed by atoms with E-state index in [0.29, 0.717) is 37.4 Å². The first kappa shape index (κ1) is 17.7. The number of alkyl halides is 1. The molecule has 4 rings (SSSR count). The van der Waals surface area contributed by atoms with Gasteiger partial charge in [-0.05, 0) is 43.2 Å². The summed E-state index contributed by atoms with van der Waals surface area (Å²) >= 11 is 0. The van der Waals surface area contributed by atoms with E-state index in [1.54, 1.807) is 0 Å². The van der Waals surface area contributed by atoms with Crippen LogP contribution in [0.2, 0.25) is 0 Å². The summed E-state index contributed by atoms with van der Waals surface area (Å²) in [6.07, 6.45) is 4.32. The van der Waals surface area contributed by atoms with Gasteiger partial charge in [-0.25, -0.2) is 4.39 Å². The Labute approximate surface area is 156 Å². The average Bonchev–Trinajstić information content (AvgIpc) is 3.48. The topological polar surface area (TPSA) is 24.1 Å². The van der Waals surface area contributed by atoms with Gasteiger partial charge in [-0.15, -0.1) is 0 Å². The molecule has 2 saturated carbocycles. The van der Waals surface area contributed by atoms with E-state index in [0.717, 1.165) is 25.8 Å². The summed E-state index contributed by atoms with van der Waals surface area (Å²) in [5.41, 5.74) is 1.65. The molecule has 2 N–H and O–H groups in total. The number of hydrogen-bond donors (Lipinski definition) is 2. The number of nitrogens with one attached hydrogen (secondary N) is 2. The van der Waals surface area contributed by atoms with Crippen LogP contribution < -0.4 is 10.6 Å². The van der Waals surface area contributed by atoms with E-state index < -0.39 is 5.67 Å². The maximum absolute atomic E-state index is 15.1. The molecular formula is C23H29FN2. The second-order valence-corrected chi connectivity index (χ2v) is 8.03. The molecule has 2 aromatic carbocycles. The smallest absolute Gasteiger partial charge is 0.123 e. The Morgan fingerprint density at radius 2 is 1.54 bits per heavy atom. The lowest BCUT2D eigenvalue weighted by Gasteiger charge is -2.34. The van der Waals surface area contributed by atoms with E-state index in [1.807, 2.05) is 6.07 Å². The Kier molecular flexibility index (Phi) is 5.37. The largest absolute Gasteiger partial charge is 0.310 e.